The zero-order chi connectivity index (χ0) is 12.8. The fourth-order valence-corrected chi connectivity index (χ4v) is 2.93. The van der Waals surface area contributed by atoms with Crippen molar-refractivity contribution in [1.29, 1.82) is 5.26 Å². The second-order valence-corrected chi connectivity index (χ2v) is 5.87. The highest BCUT2D eigenvalue weighted by Crippen LogP contribution is 2.25. The van der Waals surface area contributed by atoms with Crippen molar-refractivity contribution in [1.82, 2.24) is 0 Å². The van der Waals surface area contributed by atoms with Gasteiger partial charge in [-0.2, -0.15) is 5.26 Å². The van der Waals surface area contributed by atoms with Gasteiger partial charge in [-0.3, -0.25) is 0 Å². The van der Waals surface area contributed by atoms with Crippen molar-refractivity contribution in [3.63, 3.8) is 0 Å². The van der Waals surface area contributed by atoms with Crippen molar-refractivity contribution in [3.05, 3.63) is 28.2 Å². The Hall–Kier alpha value is -1.01. The minimum Gasteiger partial charge on any atom is -0.493 e. The predicted octanol–water partition coefficient (Wildman–Crippen LogP) is 4.67. The summed E-state index contributed by atoms with van der Waals surface area (Å²) in [5, 5.41) is 8.91. The summed E-state index contributed by atoms with van der Waals surface area (Å²) in [6.07, 6.45) is 7.95. The maximum atomic E-state index is 8.91. The molecule has 0 spiro atoms. The van der Waals surface area contributed by atoms with Gasteiger partial charge in [-0.25, -0.2) is 0 Å². The quantitative estimate of drug-likeness (QED) is 0.760. The van der Waals surface area contributed by atoms with E-state index in [1.165, 1.54) is 38.5 Å². The van der Waals surface area contributed by atoms with Gasteiger partial charge in [0.05, 0.1) is 18.2 Å². The van der Waals surface area contributed by atoms with Crippen LogP contribution in [0.4, 0.5) is 0 Å². The highest BCUT2D eigenvalue weighted by atomic mass is 79.9. The second-order valence-electron chi connectivity index (χ2n) is 4.96. The van der Waals surface area contributed by atoms with E-state index < -0.39 is 0 Å². The lowest BCUT2D eigenvalue weighted by Gasteiger charge is -2.15. The first-order chi connectivity index (χ1) is 8.78. The molecule has 96 valence electrons. The van der Waals surface area contributed by atoms with E-state index in [2.05, 4.69) is 22.0 Å². The van der Waals surface area contributed by atoms with Gasteiger partial charge in [-0.15, -0.1) is 0 Å². The average molecular weight is 308 g/mol. The van der Waals surface area contributed by atoms with Crippen molar-refractivity contribution in [3.8, 4) is 11.8 Å². The third-order valence-electron chi connectivity index (χ3n) is 3.46. The Balaban J connectivity index is 1.93. The lowest BCUT2D eigenvalue weighted by atomic mass is 10.0. The maximum absolute atomic E-state index is 8.91. The Morgan fingerprint density at radius 3 is 2.56 bits per heavy atom. The molecule has 1 aromatic rings. The summed E-state index contributed by atoms with van der Waals surface area (Å²) < 4.78 is 6.74. The molecule has 1 aliphatic rings. The minimum absolute atomic E-state index is 0.639. The maximum Gasteiger partial charge on any atom is 0.121 e. The molecule has 0 saturated heterocycles. The van der Waals surface area contributed by atoms with Gasteiger partial charge in [0, 0.05) is 4.47 Å². The first-order valence-electron chi connectivity index (χ1n) is 6.61. The number of nitriles is 1. The molecule has 1 saturated carbocycles. The summed E-state index contributed by atoms with van der Waals surface area (Å²) in [6.45, 7) is 0.779. The molecule has 2 rings (SSSR count). The standard InChI is InChI=1S/C15H18BrNO/c16-14-7-13(10-17)8-15(9-14)18-11-12-5-3-1-2-4-6-12/h7-9,12H,1-6,11H2. The van der Waals surface area contributed by atoms with Gasteiger partial charge in [-0.05, 0) is 37.0 Å². The van der Waals surface area contributed by atoms with Crippen LogP contribution in [-0.2, 0) is 0 Å². The van der Waals surface area contributed by atoms with Crippen LogP contribution in [0, 0.1) is 17.2 Å². The molecular formula is C15H18BrNO. The molecule has 0 aromatic heterocycles. The van der Waals surface area contributed by atoms with E-state index in [0.717, 1.165) is 16.8 Å². The van der Waals surface area contributed by atoms with Gasteiger partial charge >= 0.3 is 0 Å². The molecule has 1 fully saturated rings. The lowest BCUT2D eigenvalue weighted by molar-refractivity contribution is 0.233. The molecule has 0 radical (unpaired) electrons. The molecule has 0 unspecified atom stereocenters. The first kappa shape index (κ1) is 13.4. The zero-order valence-electron chi connectivity index (χ0n) is 10.5. The molecule has 2 nitrogen and oxygen atoms in total. The van der Waals surface area contributed by atoms with E-state index in [9.17, 15) is 0 Å². The van der Waals surface area contributed by atoms with Crippen LogP contribution in [0.5, 0.6) is 5.75 Å². The SMILES string of the molecule is N#Cc1cc(Br)cc(OCC2CCCCCC2)c1. The molecule has 0 aliphatic heterocycles. The highest BCUT2D eigenvalue weighted by molar-refractivity contribution is 9.10. The van der Waals surface area contributed by atoms with E-state index >= 15 is 0 Å². The number of halogens is 1. The topological polar surface area (TPSA) is 33.0 Å². The van der Waals surface area contributed by atoms with Crippen LogP contribution >= 0.6 is 15.9 Å². The van der Waals surface area contributed by atoms with Gasteiger partial charge < -0.3 is 4.74 Å². The number of rotatable bonds is 3. The summed E-state index contributed by atoms with van der Waals surface area (Å²) in [5.41, 5.74) is 0.639. The van der Waals surface area contributed by atoms with Gasteiger partial charge in [-0.1, -0.05) is 41.6 Å². The molecule has 1 aromatic carbocycles. The van der Waals surface area contributed by atoms with Crippen LogP contribution in [0.15, 0.2) is 22.7 Å². The number of hydrogen-bond acceptors (Lipinski definition) is 2. The molecule has 3 heteroatoms. The Labute approximate surface area is 117 Å². The van der Waals surface area contributed by atoms with Gasteiger partial charge in [0.1, 0.15) is 5.75 Å². The van der Waals surface area contributed by atoms with E-state index in [-0.39, 0.29) is 0 Å². The van der Waals surface area contributed by atoms with Crippen LogP contribution in [0.1, 0.15) is 44.1 Å². The molecule has 0 heterocycles. The van der Waals surface area contributed by atoms with Gasteiger partial charge in [0.25, 0.3) is 0 Å². The Bertz CT molecular complexity index is 431. The van der Waals surface area contributed by atoms with Crippen LogP contribution in [-0.4, -0.2) is 6.61 Å². The summed E-state index contributed by atoms with van der Waals surface area (Å²) in [6, 6.07) is 7.69. The summed E-state index contributed by atoms with van der Waals surface area (Å²) in [5.74, 6) is 1.47. The molecular weight excluding hydrogens is 290 g/mol. The smallest absolute Gasteiger partial charge is 0.121 e. The molecule has 0 atom stereocenters. The minimum atomic E-state index is 0.639. The summed E-state index contributed by atoms with van der Waals surface area (Å²) >= 11 is 3.40. The van der Waals surface area contributed by atoms with Crippen molar-refractivity contribution in [2.75, 3.05) is 6.61 Å². The van der Waals surface area contributed by atoms with Crippen LogP contribution in [0.25, 0.3) is 0 Å². The van der Waals surface area contributed by atoms with E-state index in [1.54, 1.807) is 6.07 Å². The van der Waals surface area contributed by atoms with Crippen molar-refractivity contribution in [2.24, 2.45) is 5.92 Å². The Morgan fingerprint density at radius 2 is 1.89 bits per heavy atom. The van der Waals surface area contributed by atoms with Crippen LogP contribution in [0.2, 0.25) is 0 Å². The summed E-state index contributed by atoms with van der Waals surface area (Å²) in [4.78, 5) is 0. The fourth-order valence-electron chi connectivity index (χ4n) is 2.46. The van der Waals surface area contributed by atoms with E-state index in [1.807, 2.05) is 12.1 Å². The zero-order valence-corrected chi connectivity index (χ0v) is 12.1. The molecule has 0 N–H and O–H groups in total. The molecule has 0 bridgehead atoms. The summed E-state index contributed by atoms with van der Waals surface area (Å²) in [7, 11) is 0. The third-order valence-corrected chi connectivity index (χ3v) is 3.92. The van der Waals surface area contributed by atoms with Gasteiger partial charge in [0.2, 0.25) is 0 Å². The number of nitrogens with zero attached hydrogens (tertiary/aromatic N) is 1. The molecule has 0 amide bonds. The Kier molecular flexibility index (Phi) is 5.07. The third kappa shape index (κ3) is 4.03. The van der Waals surface area contributed by atoms with Crippen LogP contribution in [0.3, 0.4) is 0 Å². The van der Waals surface area contributed by atoms with Crippen molar-refractivity contribution < 1.29 is 4.74 Å². The fraction of sp³-hybridized carbons (Fsp3) is 0.533. The number of hydrogen-bond donors (Lipinski definition) is 0. The van der Waals surface area contributed by atoms with Crippen LogP contribution < -0.4 is 4.74 Å². The van der Waals surface area contributed by atoms with Crippen molar-refractivity contribution >= 4 is 15.9 Å². The molecule has 18 heavy (non-hydrogen) atoms. The lowest BCUT2D eigenvalue weighted by Crippen LogP contribution is -2.11. The number of ether oxygens (including phenoxy) is 1. The average Bonchev–Trinajstić information content (AvgIpc) is 2.64. The molecule has 1 aliphatic carbocycles. The number of benzene rings is 1. The normalized spacial score (nSPS) is 16.9. The second kappa shape index (κ2) is 6.80. The van der Waals surface area contributed by atoms with Gasteiger partial charge in [0.15, 0.2) is 0 Å². The monoisotopic (exact) mass is 307 g/mol. The predicted molar refractivity (Wildman–Crippen MR) is 75.5 cm³/mol. The van der Waals surface area contributed by atoms with E-state index in [4.69, 9.17) is 10.00 Å². The van der Waals surface area contributed by atoms with Crippen molar-refractivity contribution in [2.45, 2.75) is 38.5 Å². The van der Waals surface area contributed by atoms with E-state index in [0.29, 0.717) is 11.5 Å². The highest BCUT2D eigenvalue weighted by Gasteiger charge is 2.13. The Morgan fingerprint density at radius 1 is 1.17 bits per heavy atom. The first-order valence-corrected chi connectivity index (χ1v) is 7.41. The largest absolute Gasteiger partial charge is 0.493 e.